The van der Waals surface area contributed by atoms with Gasteiger partial charge in [-0.2, -0.15) is 13.2 Å². The number of nitrogens with one attached hydrogen (secondary N) is 2. The van der Waals surface area contributed by atoms with Crippen LogP contribution in [-0.2, 0) is 12.7 Å². The Kier molecular flexibility index (Phi) is 5.27. The molecule has 5 heteroatoms. The number of piperidine rings is 1. The second kappa shape index (κ2) is 7.22. The minimum Gasteiger partial charge on any atom is -0.314 e. The number of hydrogen-bond acceptors (Lipinski definition) is 2. The molecule has 0 radical (unpaired) electrons. The van der Waals surface area contributed by atoms with E-state index in [1.807, 2.05) is 0 Å². The molecule has 1 saturated heterocycles. The van der Waals surface area contributed by atoms with Crippen LogP contribution in [0.15, 0.2) is 24.3 Å². The second-order valence-corrected chi connectivity index (χ2v) is 6.83. The summed E-state index contributed by atoms with van der Waals surface area (Å²) in [6.07, 6.45) is 3.24. The monoisotopic (exact) mass is 326 g/mol. The lowest BCUT2D eigenvalue weighted by molar-refractivity contribution is -0.137. The zero-order valence-corrected chi connectivity index (χ0v) is 13.3. The first kappa shape index (κ1) is 16.8. The largest absolute Gasteiger partial charge is 0.416 e. The van der Waals surface area contributed by atoms with E-state index in [0.717, 1.165) is 12.1 Å². The Balaban J connectivity index is 1.54. The SMILES string of the molecule is FC(F)(F)c1ccc(CNC2CCCC2C2CCCCN2)cc1. The van der Waals surface area contributed by atoms with Crippen molar-refractivity contribution in [3.8, 4) is 0 Å². The fraction of sp³-hybridized carbons (Fsp3) is 0.667. The topological polar surface area (TPSA) is 24.1 Å². The molecule has 0 amide bonds. The number of hydrogen-bond donors (Lipinski definition) is 2. The van der Waals surface area contributed by atoms with Gasteiger partial charge in [0, 0.05) is 18.6 Å². The Morgan fingerprint density at radius 2 is 1.78 bits per heavy atom. The summed E-state index contributed by atoms with van der Waals surface area (Å²) in [4.78, 5) is 0. The summed E-state index contributed by atoms with van der Waals surface area (Å²) < 4.78 is 37.8. The number of benzene rings is 1. The quantitative estimate of drug-likeness (QED) is 0.870. The van der Waals surface area contributed by atoms with Crippen LogP contribution in [0.1, 0.15) is 49.7 Å². The van der Waals surface area contributed by atoms with Crippen molar-refractivity contribution in [2.75, 3.05) is 6.54 Å². The van der Waals surface area contributed by atoms with Crippen molar-refractivity contribution in [3.63, 3.8) is 0 Å². The van der Waals surface area contributed by atoms with Crippen LogP contribution in [0.2, 0.25) is 0 Å². The zero-order valence-electron chi connectivity index (χ0n) is 13.3. The van der Waals surface area contributed by atoms with Gasteiger partial charge in [0.25, 0.3) is 0 Å². The molecule has 3 unspecified atom stereocenters. The Morgan fingerprint density at radius 3 is 2.43 bits per heavy atom. The minimum atomic E-state index is -4.25. The highest BCUT2D eigenvalue weighted by Gasteiger charge is 2.34. The molecule has 23 heavy (non-hydrogen) atoms. The maximum absolute atomic E-state index is 12.6. The van der Waals surface area contributed by atoms with Gasteiger partial charge in [-0.15, -0.1) is 0 Å². The van der Waals surface area contributed by atoms with Crippen molar-refractivity contribution in [2.24, 2.45) is 5.92 Å². The molecule has 1 heterocycles. The fourth-order valence-electron chi connectivity index (χ4n) is 4.03. The summed E-state index contributed by atoms with van der Waals surface area (Å²) in [5.41, 5.74) is 0.339. The van der Waals surface area contributed by atoms with Crippen molar-refractivity contribution < 1.29 is 13.2 Å². The number of alkyl halides is 3. The van der Waals surface area contributed by atoms with Gasteiger partial charge in [-0.25, -0.2) is 0 Å². The highest BCUT2D eigenvalue weighted by atomic mass is 19.4. The third-order valence-electron chi connectivity index (χ3n) is 5.28. The second-order valence-electron chi connectivity index (χ2n) is 6.83. The molecule has 128 valence electrons. The molecule has 0 spiro atoms. The molecule has 0 bridgehead atoms. The highest BCUT2D eigenvalue weighted by Crippen LogP contribution is 2.32. The van der Waals surface area contributed by atoms with E-state index in [9.17, 15) is 13.2 Å². The molecule has 3 rings (SSSR count). The molecular weight excluding hydrogens is 301 g/mol. The van der Waals surface area contributed by atoms with Crippen molar-refractivity contribution in [1.82, 2.24) is 10.6 Å². The van der Waals surface area contributed by atoms with Crippen LogP contribution < -0.4 is 10.6 Å². The van der Waals surface area contributed by atoms with E-state index in [1.165, 1.54) is 50.7 Å². The Bertz CT molecular complexity index is 492. The van der Waals surface area contributed by atoms with E-state index in [0.29, 0.717) is 24.5 Å². The number of halogens is 3. The maximum Gasteiger partial charge on any atom is 0.416 e. The van der Waals surface area contributed by atoms with Gasteiger partial charge in [0.1, 0.15) is 0 Å². The molecule has 2 fully saturated rings. The van der Waals surface area contributed by atoms with Crippen LogP contribution in [0.3, 0.4) is 0 Å². The van der Waals surface area contributed by atoms with Crippen LogP contribution in [0, 0.1) is 5.92 Å². The van der Waals surface area contributed by atoms with Crippen molar-refractivity contribution in [2.45, 2.75) is 63.3 Å². The van der Waals surface area contributed by atoms with Gasteiger partial charge in [0.05, 0.1) is 5.56 Å². The van der Waals surface area contributed by atoms with E-state index < -0.39 is 11.7 Å². The van der Waals surface area contributed by atoms with E-state index in [4.69, 9.17) is 0 Å². The summed E-state index contributed by atoms with van der Waals surface area (Å²) in [6, 6.07) is 6.60. The smallest absolute Gasteiger partial charge is 0.314 e. The summed E-state index contributed by atoms with van der Waals surface area (Å²) in [6.45, 7) is 1.76. The predicted octanol–water partition coefficient (Wildman–Crippen LogP) is 4.11. The molecule has 3 atom stereocenters. The van der Waals surface area contributed by atoms with Crippen LogP contribution in [-0.4, -0.2) is 18.6 Å². The van der Waals surface area contributed by atoms with Crippen LogP contribution >= 0.6 is 0 Å². The molecule has 1 aromatic rings. The standard InChI is InChI=1S/C18H25F3N2/c19-18(20,21)14-9-7-13(8-10-14)12-23-17-6-3-4-15(17)16-5-1-2-11-22-16/h7-10,15-17,22-23H,1-6,11-12H2. The first-order valence-corrected chi connectivity index (χ1v) is 8.67. The minimum absolute atomic E-state index is 0.480. The van der Waals surface area contributed by atoms with Crippen molar-refractivity contribution >= 4 is 0 Å². The van der Waals surface area contributed by atoms with Crippen LogP contribution in [0.5, 0.6) is 0 Å². The van der Waals surface area contributed by atoms with Gasteiger partial charge in [-0.1, -0.05) is 25.0 Å². The Hall–Kier alpha value is -1.07. The third kappa shape index (κ3) is 4.27. The average Bonchev–Trinajstić information content (AvgIpc) is 3.02. The van der Waals surface area contributed by atoms with Crippen LogP contribution in [0.25, 0.3) is 0 Å². The maximum atomic E-state index is 12.6. The normalized spacial score (nSPS) is 28.9. The summed E-state index contributed by atoms with van der Waals surface area (Å²) >= 11 is 0. The predicted molar refractivity (Wildman–Crippen MR) is 85.1 cm³/mol. The lowest BCUT2D eigenvalue weighted by atomic mass is 9.88. The molecule has 2 nitrogen and oxygen atoms in total. The van der Waals surface area contributed by atoms with Crippen LogP contribution in [0.4, 0.5) is 13.2 Å². The van der Waals surface area contributed by atoms with E-state index in [2.05, 4.69) is 10.6 Å². The molecule has 1 aromatic carbocycles. The van der Waals surface area contributed by atoms with Crippen molar-refractivity contribution in [3.05, 3.63) is 35.4 Å². The molecular formula is C18H25F3N2. The first-order valence-electron chi connectivity index (χ1n) is 8.67. The van der Waals surface area contributed by atoms with Gasteiger partial charge in [-0.05, 0) is 55.8 Å². The van der Waals surface area contributed by atoms with E-state index >= 15 is 0 Å². The molecule has 2 aliphatic rings. The lowest BCUT2D eigenvalue weighted by Gasteiger charge is -2.33. The third-order valence-corrected chi connectivity index (χ3v) is 5.28. The highest BCUT2D eigenvalue weighted by molar-refractivity contribution is 5.24. The first-order chi connectivity index (χ1) is 11.0. The van der Waals surface area contributed by atoms with E-state index in [-0.39, 0.29) is 0 Å². The van der Waals surface area contributed by atoms with Gasteiger partial charge in [0.15, 0.2) is 0 Å². The van der Waals surface area contributed by atoms with Gasteiger partial charge in [0.2, 0.25) is 0 Å². The van der Waals surface area contributed by atoms with Gasteiger partial charge in [-0.3, -0.25) is 0 Å². The fourth-order valence-corrected chi connectivity index (χ4v) is 4.03. The molecule has 0 aromatic heterocycles. The molecule has 1 aliphatic carbocycles. The average molecular weight is 326 g/mol. The molecule has 1 saturated carbocycles. The summed E-state index contributed by atoms with van der Waals surface area (Å²) in [5, 5.41) is 7.23. The van der Waals surface area contributed by atoms with Gasteiger partial charge < -0.3 is 10.6 Å². The zero-order chi connectivity index (χ0) is 16.3. The lowest BCUT2D eigenvalue weighted by Crippen LogP contribution is -2.46. The summed E-state index contributed by atoms with van der Waals surface area (Å²) in [5.74, 6) is 0.657. The molecule has 1 aliphatic heterocycles. The van der Waals surface area contributed by atoms with E-state index in [1.54, 1.807) is 12.1 Å². The van der Waals surface area contributed by atoms with Crippen molar-refractivity contribution in [1.29, 1.82) is 0 Å². The van der Waals surface area contributed by atoms with Gasteiger partial charge >= 0.3 is 6.18 Å². The Morgan fingerprint density at radius 1 is 1.00 bits per heavy atom. The molecule has 2 N–H and O–H groups in total. The number of rotatable bonds is 4. The Labute approximate surface area is 135 Å². The summed E-state index contributed by atoms with van der Waals surface area (Å²) in [7, 11) is 0.